The number of carbonyl (C=O) groups excluding carboxylic acids is 1. The van der Waals surface area contributed by atoms with Crippen molar-refractivity contribution in [2.24, 2.45) is 0 Å². The summed E-state index contributed by atoms with van der Waals surface area (Å²) in [5.41, 5.74) is 1.04. The number of ketones is 1. The molecule has 0 spiro atoms. The number of Topliss-reactive ketones (excluding diaryl/α,β-unsaturated/α-hetero) is 1. The molecule has 2 aromatic carbocycles. The summed E-state index contributed by atoms with van der Waals surface area (Å²) in [5, 5.41) is 0. The van der Waals surface area contributed by atoms with Crippen molar-refractivity contribution in [3.05, 3.63) is 59.4 Å². The first-order valence-corrected chi connectivity index (χ1v) is 8.26. The molecule has 0 radical (unpaired) electrons. The van der Waals surface area contributed by atoms with E-state index >= 15 is 0 Å². The van der Waals surface area contributed by atoms with E-state index in [9.17, 15) is 17.6 Å². The van der Waals surface area contributed by atoms with Crippen LogP contribution in [0.3, 0.4) is 0 Å². The highest BCUT2D eigenvalue weighted by atomic mass is 32.2. The van der Waals surface area contributed by atoms with Crippen LogP contribution in [0.5, 0.6) is 0 Å². The van der Waals surface area contributed by atoms with Crippen LogP contribution in [0, 0.1) is 12.7 Å². The average molecular weight is 319 g/mol. The summed E-state index contributed by atoms with van der Waals surface area (Å²) in [4.78, 5) is 11.9. The number of halogens is 1. The van der Waals surface area contributed by atoms with Crippen LogP contribution in [0.1, 0.15) is 22.3 Å². The van der Waals surface area contributed by atoms with Gasteiger partial charge in [0.15, 0.2) is 5.78 Å². The van der Waals surface area contributed by atoms with Gasteiger partial charge in [-0.1, -0.05) is 12.1 Å². The summed E-state index contributed by atoms with van der Waals surface area (Å²) in [7, 11) is -3.82. The molecular formula is C16H14FNO3S. The van der Waals surface area contributed by atoms with Gasteiger partial charge in [0.1, 0.15) is 5.82 Å². The number of hydrogen-bond acceptors (Lipinski definition) is 3. The predicted molar refractivity (Wildman–Crippen MR) is 81.1 cm³/mol. The monoisotopic (exact) mass is 319 g/mol. The van der Waals surface area contributed by atoms with Gasteiger partial charge in [-0.05, 0) is 42.8 Å². The lowest BCUT2D eigenvalue weighted by atomic mass is 10.0. The normalized spacial score (nSPS) is 14.8. The summed E-state index contributed by atoms with van der Waals surface area (Å²) in [6.07, 6.45) is 0.135. The Morgan fingerprint density at radius 3 is 2.59 bits per heavy atom. The Morgan fingerprint density at radius 1 is 1.14 bits per heavy atom. The van der Waals surface area contributed by atoms with Gasteiger partial charge >= 0.3 is 0 Å². The zero-order valence-corrected chi connectivity index (χ0v) is 12.7. The molecule has 1 aliphatic rings. The maximum Gasteiger partial charge on any atom is 0.264 e. The van der Waals surface area contributed by atoms with E-state index in [1.165, 1.54) is 23.4 Å². The first kappa shape index (κ1) is 14.7. The van der Waals surface area contributed by atoms with Crippen LogP contribution in [0.4, 0.5) is 10.1 Å². The molecule has 0 aromatic heterocycles. The summed E-state index contributed by atoms with van der Waals surface area (Å²) in [6.45, 7) is 1.61. The van der Waals surface area contributed by atoms with Crippen molar-refractivity contribution in [1.29, 1.82) is 0 Å². The summed E-state index contributed by atoms with van der Waals surface area (Å²) >= 11 is 0. The standard InChI is InChI=1S/C16H14FNO3S/c1-11-10-12(6-7-14(11)17)22(20,21)18-9-8-16(19)13-4-2-3-5-15(13)18/h2-7,10H,8-9H2,1H3. The van der Waals surface area contributed by atoms with Crippen molar-refractivity contribution in [2.75, 3.05) is 10.8 Å². The van der Waals surface area contributed by atoms with Gasteiger partial charge in [0.2, 0.25) is 0 Å². The molecule has 4 nitrogen and oxygen atoms in total. The molecule has 0 amide bonds. The molecule has 0 bridgehead atoms. The molecule has 6 heteroatoms. The molecule has 1 heterocycles. The van der Waals surface area contributed by atoms with Crippen LogP contribution in [0.15, 0.2) is 47.4 Å². The molecule has 0 saturated heterocycles. The molecule has 0 saturated carbocycles. The van der Waals surface area contributed by atoms with Gasteiger partial charge < -0.3 is 0 Å². The van der Waals surface area contributed by atoms with E-state index in [-0.39, 0.29) is 29.2 Å². The van der Waals surface area contributed by atoms with Crippen molar-refractivity contribution < 1.29 is 17.6 Å². The minimum atomic E-state index is -3.82. The van der Waals surface area contributed by atoms with Crippen molar-refractivity contribution >= 4 is 21.5 Å². The largest absolute Gasteiger partial charge is 0.294 e. The Kier molecular flexibility index (Phi) is 3.48. The highest BCUT2D eigenvalue weighted by Gasteiger charge is 2.32. The second-order valence-electron chi connectivity index (χ2n) is 5.18. The first-order chi connectivity index (χ1) is 10.4. The third-order valence-electron chi connectivity index (χ3n) is 3.73. The van der Waals surface area contributed by atoms with Gasteiger partial charge in [0.25, 0.3) is 10.0 Å². The fraction of sp³-hybridized carbons (Fsp3) is 0.188. The van der Waals surface area contributed by atoms with Crippen LogP contribution < -0.4 is 4.31 Å². The molecule has 22 heavy (non-hydrogen) atoms. The van der Waals surface area contributed by atoms with Crippen LogP contribution >= 0.6 is 0 Å². The maximum absolute atomic E-state index is 13.4. The van der Waals surface area contributed by atoms with E-state index in [2.05, 4.69) is 0 Å². The molecular weight excluding hydrogens is 305 g/mol. The van der Waals surface area contributed by atoms with Crippen LogP contribution in [0.25, 0.3) is 0 Å². The zero-order chi connectivity index (χ0) is 15.9. The Bertz CT molecular complexity index is 861. The average Bonchev–Trinajstić information content (AvgIpc) is 2.50. The molecule has 0 aliphatic carbocycles. The van der Waals surface area contributed by atoms with Crippen molar-refractivity contribution in [2.45, 2.75) is 18.2 Å². The third kappa shape index (κ3) is 2.29. The van der Waals surface area contributed by atoms with Gasteiger partial charge in [0.05, 0.1) is 10.6 Å². The quantitative estimate of drug-likeness (QED) is 0.855. The fourth-order valence-electron chi connectivity index (χ4n) is 2.54. The minimum absolute atomic E-state index is 0.0237. The highest BCUT2D eigenvalue weighted by molar-refractivity contribution is 7.92. The summed E-state index contributed by atoms with van der Waals surface area (Å²) in [5.74, 6) is -0.523. The Hall–Kier alpha value is -2.21. The second-order valence-corrected chi connectivity index (χ2v) is 7.04. The van der Waals surface area contributed by atoms with E-state index in [4.69, 9.17) is 0 Å². The SMILES string of the molecule is Cc1cc(S(=O)(=O)N2CCC(=O)c3ccccc32)ccc1F. The minimum Gasteiger partial charge on any atom is -0.294 e. The highest BCUT2D eigenvalue weighted by Crippen LogP contribution is 2.32. The molecule has 2 aromatic rings. The molecule has 1 aliphatic heterocycles. The van der Waals surface area contributed by atoms with Gasteiger partial charge in [-0.15, -0.1) is 0 Å². The summed E-state index contributed by atoms with van der Waals surface area (Å²) in [6, 6.07) is 10.3. The van der Waals surface area contributed by atoms with Crippen LogP contribution in [0.2, 0.25) is 0 Å². The van der Waals surface area contributed by atoms with Gasteiger partial charge in [-0.3, -0.25) is 9.10 Å². The number of hydrogen-bond donors (Lipinski definition) is 0. The van der Waals surface area contributed by atoms with Crippen LogP contribution in [-0.4, -0.2) is 20.7 Å². The van der Waals surface area contributed by atoms with E-state index in [1.807, 2.05) is 0 Å². The van der Waals surface area contributed by atoms with Crippen molar-refractivity contribution in [1.82, 2.24) is 0 Å². The molecule has 114 valence electrons. The van der Waals surface area contributed by atoms with E-state index in [0.29, 0.717) is 11.3 Å². The molecule has 0 unspecified atom stereocenters. The number of benzene rings is 2. The van der Waals surface area contributed by atoms with Gasteiger partial charge in [0, 0.05) is 18.5 Å². The number of anilines is 1. The Balaban J connectivity index is 2.12. The Labute approximate surface area is 128 Å². The van der Waals surface area contributed by atoms with E-state index in [1.54, 1.807) is 24.3 Å². The second kappa shape index (κ2) is 5.21. The smallest absolute Gasteiger partial charge is 0.264 e. The third-order valence-corrected chi connectivity index (χ3v) is 5.54. The number of rotatable bonds is 2. The van der Waals surface area contributed by atoms with Crippen molar-refractivity contribution in [3.8, 4) is 0 Å². The van der Waals surface area contributed by atoms with E-state index in [0.717, 1.165) is 6.07 Å². The van der Waals surface area contributed by atoms with Gasteiger partial charge in [-0.25, -0.2) is 12.8 Å². The number of carbonyl (C=O) groups is 1. The summed E-state index contributed by atoms with van der Waals surface area (Å²) < 4.78 is 40.2. The number of sulfonamides is 1. The predicted octanol–water partition coefficient (Wildman–Crippen LogP) is 2.92. The number of para-hydroxylation sites is 1. The van der Waals surface area contributed by atoms with Gasteiger partial charge in [-0.2, -0.15) is 0 Å². The first-order valence-electron chi connectivity index (χ1n) is 6.82. The molecule has 0 fully saturated rings. The number of fused-ring (bicyclic) bond motifs is 1. The lowest BCUT2D eigenvalue weighted by molar-refractivity contribution is 0.0982. The fourth-order valence-corrected chi connectivity index (χ4v) is 4.11. The number of aryl methyl sites for hydroxylation is 1. The lowest BCUT2D eigenvalue weighted by Gasteiger charge is -2.29. The molecule has 3 rings (SSSR count). The topological polar surface area (TPSA) is 54.5 Å². The van der Waals surface area contributed by atoms with E-state index < -0.39 is 15.8 Å². The maximum atomic E-state index is 13.4. The lowest BCUT2D eigenvalue weighted by Crippen LogP contribution is -2.37. The Morgan fingerprint density at radius 2 is 1.86 bits per heavy atom. The zero-order valence-electron chi connectivity index (χ0n) is 11.9. The number of nitrogens with zero attached hydrogens (tertiary/aromatic N) is 1. The van der Waals surface area contributed by atoms with Crippen molar-refractivity contribution in [3.63, 3.8) is 0 Å². The van der Waals surface area contributed by atoms with Crippen LogP contribution in [-0.2, 0) is 10.0 Å². The molecule has 0 N–H and O–H groups in total. The molecule has 0 atom stereocenters.